The molecule has 0 bridgehead atoms. The summed E-state index contributed by atoms with van der Waals surface area (Å²) in [6, 6.07) is 11.6. The van der Waals surface area contributed by atoms with Crippen LogP contribution in [0.2, 0.25) is 0 Å². The van der Waals surface area contributed by atoms with Gasteiger partial charge < -0.3 is 9.57 Å². The number of imide groups is 1. The lowest BCUT2D eigenvalue weighted by Gasteiger charge is -2.27. The van der Waals surface area contributed by atoms with Crippen LogP contribution in [-0.2, 0) is 20.0 Å². The number of amides is 2. The molecule has 1 aliphatic rings. The molecule has 0 radical (unpaired) electrons. The molecule has 0 N–H and O–H groups in total. The van der Waals surface area contributed by atoms with Gasteiger partial charge in [-0.05, 0) is 25.1 Å². The summed E-state index contributed by atoms with van der Waals surface area (Å²) in [6.45, 7) is 1.30. The number of methoxy groups -OCH3 is 1. The lowest BCUT2D eigenvalue weighted by molar-refractivity contribution is -0.193. The highest BCUT2D eigenvalue weighted by Gasteiger charge is 2.45. The third kappa shape index (κ3) is 2.58. The first-order valence-corrected chi connectivity index (χ1v) is 7.40. The number of rotatable bonds is 4. The average Bonchev–Trinajstić information content (AvgIpc) is 2.86. The Morgan fingerprint density at radius 3 is 2.04 bits per heavy atom. The minimum absolute atomic E-state index is 0.0703. The van der Waals surface area contributed by atoms with Gasteiger partial charge in [0.15, 0.2) is 5.60 Å². The van der Waals surface area contributed by atoms with Crippen molar-refractivity contribution < 1.29 is 28.3 Å². The molecule has 0 spiro atoms. The van der Waals surface area contributed by atoms with Gasteiger partial charge in [0, 0.05) is 12.7 Å². The molecule has 2 aromatic rings. The molecule has 25 heavy (non-hydrogen) atoms. The number of halogens is 1. The Morgan fingerprint density at radius 1 is 1.00 bits per heavy atom. The van der Waals surface area contributed by atoms with Crippen molar-refractivity contribution in [2.24, 2.45) is 0 Å². The highest BCUT2D eigenvalue weighted by Crippen LogP contribution is 2.30. The first-order chi connectivity index (χ1) is 11.9. The van der Waals surface area contributed by atoms with Gasteiger partial charge in [-0.15, -0.1) is 0 Å². The number of nitrogens with zero attached hydrogens (tertiary/aromatic N) is 1. The van der Waals surface area contributed by atoms with Gasteiger partial charge in [-0.3, -0.25) is 9.59 Å². The second kappa shape index (κ2) is 6.10. The maximum Gasteiger partial charge on any atom is 0.369 e. The summed E-state index contributed by atoms with van der Waals surface area (Å²) in [7, 11) is 1.20. The van der Waals surface area contributed by atoms with Crippen LogP contribution in [0.15, 0.2) is 48.5 Å². The van der Waals surface area contributed by atoms with Crippen LogP contribution >= 0.6 is 0 Å². The predicted molar refractivity (Wildman–Crippen MR) is 83.8 cm³/mol. The largest absolute Gasteiger partial charge is 0.369 e. The van der Waals surface area contributed by atoms with Crippen LogP contribution in [0.4, 0.5) is 4.39 Å². The van der Waals surface area contributed by atoms with E-state index in [0.717, 1.165) is 0 Å². The van der Waals surface area contributed by atoms with Crippen LogP contribution < -0.4 is 0 Å². The highest BCUT2D eigenvalue weighted by atomic mass is 19.1. The Morgan fingerprint density at radius 2 is 1.52 bits per heavy atom. The third-order valence-electron chi connectivity index (χ3n) is 4.12. The van der Waals surface area contributed by atoms with Crippen LogP contribution in [-0.4, -0.2) is 30.0 Å². The molecule has 1 atom stereocenters. The summed E-state index contributed by atoms with van der Waals surface area (Å²) in [5.41, 5.74) is -1.64. The normalized spacial score (nSPS) is 15.7. The first-order valence-electron chi connectivity index (χ1n) is 7.40. The van der Waals surface area contributed by atoms with E-state index in [9.17, 15) is 18.8 Å². The van der Waals surface area contributed by atoms with Gasteiger partial charge in [-0.2, -0.15) is 0 Å². The van der Waals surface area contributed by atoms with Crippen LogP contribution in [0, 0.1) is 5.82 Å². The molecule has 2 amide bonds. The molecule has 0 saturated carbocycles. The summed E-state index contributed by atoms with van der Waals surface area (Å²) in [5, 5.41) is 0.366. The number of carbonyl (C=O) groups is 3. The van der Waals surface area contributed by atoms with E-state index in [4.69, 9.17) is 9.57 Å². The number of ether oxygens (including phenoxy) is 1. The van der Waals surface area contributed by atoms with Gasteiger partial charge in [0.2, 0.25) is 0 Å². The number of carbonyl (C=O) groups excluding carboxylic acids is 3. The van der Waals surface area contributed by atoms with Gasteiger partial charge >= 0.3 is 5.97 Å². The maximum atomic E-state index is 14.1. The van der Waals surface area contributed by atoms with Crippen molar-refractivity contribution in [2.75, 3.05) is 7.11 Å². The molecular weight excluding hydrogens is 329 g/mol. The van der Waals surface area contributed by atoms with Gasteiger partial charge in [0.1, 0.15) is 5.82 Å². The van der Waals surface area contributed by atoms with Crippen molar-refractivity contribution >= 4 is 17.8 Å². The highest BCUT2D eigenvalue weighted by molar-refractivity contribution is 6.21. The van der Waals surface area contributed by atoms with Gasteiger partial charge in [-0.1, -0.05) is 35.4 Å². The molecule has 3 rings (SSSR count). The van der Waals surface area contributed by atoms with E-state index in [-0.39, 0.29) is 16.7 Å². The molecule has 2 aromatic carbocycles. The topological polar surface area (TPSA) is 72.9 Å². The fourth-order valence-corrected chi connectivity index (χ4v) is 2.57. The first kappa shape index (κ1) is 16.8. The van der Waals surface area contributed by atoms with Crippen molar-refractivity contribution in [1.29, 1.82) is 0 Å². The van der Waals surface area contributed by atoms with Crippen LogP contribution in [0.3, 0.4) is 0 Å². The van der Waals surface area contributed by atoms with Crippen molar-refractivity contribution in [3.8, 4) is 0 Å². The van der Waals surface area contributed by atoms with E-state index in [1.165, 1.54) is 50.4 Å². The second-order valence-electron chi connectivity index (χ2n) is 5.55. The smallest absolute Gasteiger partial charge is 0.362 e. The van der Waals surface area contributed by atoms with Crippen molar-refractivity contribution in [1.82, 2.24) is 5.06 Å². The predicted octanol–water partition coefficient (Wildman–Crippen LogP) is 2.44. The van der Waals surface area contributed by atoms with Gasteiger partial charge in [0.25, 0.3) is 11.8 Å². The number of hydrogen-bond acceptors (Lipinski definition) is 5. The van der Waals surface area contributed by atoms with E-state index in [2.05, 4.69) is 0 Å². The number of hydrogen-bond donors (Lipinski definition) is 0. The summed E-state index contributed by atoms with van der Waals surface area (Å²) in [6.07, 6.45) is 0. The molecule has 0 fully saturated rings. The van der Waals surface area contributed by atoms with Crippen LogP contribution in [0.5, 0.6) is 0 Å². The lowest BCUT2D eigenvalue weighted by Crippen LogP contribution is -2.43. The van der Waals surface area contributed by atoms with Gasteiger partial charge in [0.05, 0.1) is 11.1 Å². The van der Waals surface area contributed by atoms with E-state index in [1.54, 1.807) is 12.1 Å². The number of benzene rings is 2. The maximum absolute atomic E-state index is 14.1. The lowest BCUT2D eigenvalue weighted by atomic mass is 9.95. The quantitative estimate of drug-likeness (QED) is 0.797. The Hall–Kier alpha value is -3.06. The van der Waals surface area contributed by atoms with Crippen molar-refractivity contribution in [3.63, 3.8) is 0 Å². The molecule has 0 aliphatic carbocycles. The SMILES string of the molecule is COC(C)(C(=O)ON1C(=O)c2ccccc2C1=O)c1ccccc1F. The van der Waals surface area contributed by atoms with Gasteiger partial charge in [-0.25, -0.2) is 9.18 Å². The van der Waals surface area contributed by atoms with Crippen molar-refractivity contribution in [3.05, 3.63) is 71.0 Å². The Balaban J connectivity index is 1.91. The fourth-order valence-electron chi connectivity index (χ4n) is 2.57. The van der Waals surface area contributed by atoms with E-state index in [0.29, 0.717) is 5.06 Å². The third-order valence-corrected chi connectivity index (χ3v) is 4.12. The number of hydroxylamine groups is 2. The zero-order chi connectivity index (χ0) is 18.2. The summed E-state index contributed by atoms with van der Waals surface area (Å²) in [5.74, 6) is -3.29. The zero-order valence-corrected chi connectivity index (χ0v) is 13.5. The molecule has 1 aliphatic heterocycles. The molecule has 6 nitrogen and oxygen atoms in total. The summed E-state index contributed by atoms with van der Waals surface area (Å²) >= 11 is 0. The fraction of sp³-hybridized carbons (Fsp3) is 0.167. The molecular formula is C18H14FNO5. The van der Waals surface area contributed by atoms with E-state index >= 15 is 0 Å². The standard InChI is InChI=1S/C18H14FNO5/c1-18(24-2,13-9-5-6-10-14(13)19)17(23)25-20-15(21)11-7-3-4-8-12(11)16(20)22/h3-10H,1-2H3. The molecule has 7 heteroatoms. The minimum atomic E-state index is -1.83. The number of fused-ring (bicyclic) bond motifs is 1. The molecule has 1 heterocycles. The summed E-state index contributed by atoms with van der Waals surface area (Å²) < 4.78 is 19.2. The Kier molecular flexibility index (Phi) is 4.10. The Bertz CT molecular complexity index is 846. The van der Waals surface area contributed by atoms with Crippen LogP contribution in [0.25, 0.3) is 0 Å². The molecule has 1 unspecified atom stereocenters. The monoisotopic (exact) mass is 343 g/mol. The zero-order valence-electron chi connectivity index (χ0n) is 13.5. The second-order valence-corrected chi connectivity index (χ2v) is 5.55. The summed E-state index contributed by atoms with van der Waals surface area (Å²) in [4.78, 5) is 42.1. The Labute approximate surface area is 142 Å². The van der Waals surface area contributed by atoms with Crippen LogP contribution in [0.1, 0.15) is 33.2 Å². The van der Waals surface area contributed by atoms with E-state index < -0.39 is 29.2 Å². The minimum Gasteiger partial charge on any atom is -0.362 e. The van der Waals surface area contributed by atoms with E-state index in [1.807, 2.05) is 0 Å². The average molecular weight is 343 g/mol. The molecule has 0 saturated heterocycles. The molecule has 0 aromatic heterocycles. The molecule has 128 valence electrons. The van der Waals surface area contributed by atoms with Crippen molar-refractivity contribution in [2.45, 2.75) is 12.5 Å².